The molecule has 2 N–H and O–H groups in total. The summed E-state index contributed by atoms with van der Waals surface area (Å²) in [5.74, 6) is 1.50. The van der Waals surface area contributed by atoms with Crippen molar-refractivity contribution < 1.29 is 19.1 Å². The Kier molecular flexibility index (Phi) is 6.01. The molecular formula is C18H25N3O4. The lowest BCUT2D eigenvalue weighted by molar-refractivity contribution is -0.127. The van der Waals surface area contributed by atoms with Crippen LogP contribution in [0.15, 0.2) is 23.2 Å². The lowest BCUT2D eigenvalue weighted by atomic mass is 9.78. The van der Waals surface area contributed by atoms with Gasteiger partial charge in [-0.05, 0) is 37.0 Å². The lowest BCUT2D eigenvalue weighted by Gasteiger charge is -2.35. The number of imide groups is 1. The first-order valence-electron chi connectivity index (χ1n) is 8.39. The molecule has 1 aromatic carbocycles. The summed E-state index contributed by atoms with van der Waals surface area (Å²) in [4.78, 5) is 28.5. The molecule has 136 valence electrons. The van der Waals surface area contributed by atoms with Crippen LogP contribution in [0.3, 0.4) is 0 Å². The first-order valence-corrected chi connectivity index (χ1v) is 8.39. The van der Waals surface area contributed by atoms with Gasteiger partial charge < -0.3 is 9.47 Å². The van der Waals surface area contributed by atoms with E-state index in [-0.39, 0.29) is 5.91 Å². The van der Waals surface area contributed by atoms with Crippen LogP contribution in [0.5, 0.6) is 11.5 Å². The van der Waals surface area contributed by atoms with Gasteiger partial charge in [-0.25, -0.2) is 4.79 Å². The Morgan fingerprint density at radius 2 is 1.72 bits per heavy atom. The third-order valence-corrected chi connectivity index (χ3v) is 4.67. The molecule has 1 saturated heterocycles. The van der Waals surface area contributed by atoms with Gasteiger partial charge in [0.15, 0.2) is 11.5 Å². The summed E-state index contributed by atoms with van der Waals surface area (Å²) in [6, 6.07) is 5.17. The third kappa shape index (κ3) is 3.75. The highest BCUT2D eigenvalue weighted by molar-refractivity contribution is 6.20. The maximum atomic E-state index is 12.3. The fraction of sp³-hybridized carbons (Fsp3) is 0.500. The number of carbonyl (C=O) groups is 2. The average molecular weight is 347 g/mol. The standard InChI is InChI=1S/C18H25N3O4/c1-5-18(6-2)15(20-17(23)21-16(18)22)19-10-9-12-7-8-13(24-3)14(11-12)25-4/h7-8,11H,5-6,9-10H2,1-4H3,(H2,19,20,21,22,23). The van der Waals surface area contributed by atoms with Crippen LogP contribution in [-0.4, -0.2) is 38.5 Å². The van der Waals surface area contributed by atoms with Crippen molar-refractivity contribution >= 4 is 17.8 Å². The van der Waals surface area contributed by atoms with Gasteiger partial charge in [0, 0.05) is 6.54 Å². The Morgan fingerprint density at radius 1 is 1.04 bits per heavy atom. The molecule has 25 heavy (non-hydrogen) atoms. The summed E-state index contributed by atoms with van der Waals surface area (Å²) >= 11 is 0. The zero-order valence-electron chi connectivity index (χ0n) is 15.1. The third-order valence-electron chi connectivity index (χ3n) is 4.67. The molecule has 0 saturated carbocycles. The molecule has 2 rings (SSSR count). The molecule has 7 nitrogen and oxygen atoms in total. The van der Waals surface area contributed by atoms with E-state index in [2.05, 4.69) is 15.6 Å². The summed E-state index contributed by atoms with van der Waals surface area (Å²) in [5.41, 5.74) is 0.262. The zero-order valence-corrected chi connectivity index (χ0v) is 15.1. The van der Waals surface area contributed by atoms with Crippen molar-refractivity contribution in [2.45, 2.75) is 33.1 Å². The fourth-order valence-electron chi connectivity index (χ4n) is 3.02. The molecule has 0 aliphatic carbocycles. The second-order valence-corrected chi connectivity index (χ2v) is 5.87. The first-order chi connectivity index (χ1) is 12.0. The summed E-state index contributed by atoms with van der Waals surface area (Å²) in [6.45, 7) is 4.30. The van der Waals surface area contributed by atoms with Crippen LogP contribution in [0, 0.1) is 5.41 Å². The zero-order chi connectivity index (χ0) is 18.4. The van der Waals surface area contributed by atoms with E-state index in [1.807, 2.05) is 32.0 Å². The Labute approximate surface area is 147 Å². The van der Waals surface area contributed by atoms with Crippen LogP contribution in [0.1, 0.15) is 32.3 Å². The molecule has 0 unspecified atom stereocenters. The molecule has 1 heterocycles. The van der Waals surface area contributed by atoms with Gasteiger partial charge in [0.2, 0.25) is 5.91 Å². The number of nitrogens with one attached hydrogen (secondary N) is 2. The van der Waals surface area contributed by atoms with Crippen LogP contribution in [0.2, 0.25) is 0 Å². The van der Waals surface area contributed by atoms with E-state index in [1.165, 1.54) is 0 Å². The van der Waals surface area contributed by atoms with E-state index < -0.39 is 11.4 Å². The van der Waals surface area contributed by atoms with Crippen molar-refractivity contribution in [2.24, 2.45) is 10.4 Å². The van der Waals surface area contributed by atoms with Gasteiger partial charge >= 0.3 is 6.03 Å². The Bertz CT molecular complexity index is 681. The van der Waals surface area contributed by atoms with Crippen LogP contribution >= 0.6 is 0 Å². The number of carbonyl (C=O) groups excluding carboxylic acids is 2. The van der Waals surface area contributed by atoms with Crippen molar-refractivity contribution in [3.05, 3.63) is 23.8 Å². The Morgan fingerprint density at radius 3 is 2.32 bits per heavy atom. The van der Waals surface area contributed by atoms with Crippen LogP contribution < -0.4 is 20.1 Å². The number of rotatable bonds is 7. The predicted molar refractivity (Wildman–Crippen MR) is 95.2 cm³/mol. The number of hydrogen-bond donors (Lipinski definition) is 2. The fourth-order valence-corrected chi connectivity index (χ4v) is 3.02. The molecule has 0 radical (unpaired) electrons. The molecule has 1 aliphatic rings. The topological polar surface area (TPSA) is 89.0 Å². The van der Waals surface area contributed by atoms with E-state index in [9.17, 15) is 9.59 Å². The lowest BCUT2D eigenvalue weighted by Crippen LogP contribution is -2.62. The quantitative estimate of drug-likeness (QED) is 0.792. The minimum absolute atomic E-state index is 0.286. The number of methoxy groups -OCH3 is 2. The highest BCUT2D eigenvalue weighted by Gasteiger charge is 2.45. The largest absolute Gasteiger partial charge is 0.493 e. The number of amidine groups is 1. The minimum atomic E-state index is -0.772. The second-order valence-electron chi connectivity index (χ2n) is 5.87. The number of ether oxygens (including phenoxy) is 2. The van der Waals surface area contributed by atoms with Gasteiger partial charge in [0.1, 0.15) is 11.3 Å². The van der Waals surface area contributed by atoms with E-state index in [0.29, 0.717) is 43.1 Å². The predicted octanol–water partition coefficient (Wildman–Crippen LogP) is 2.29. The maximum absolute atomic E-state index is 12.3. The summed E-state index contributed by atoms with van der Waals surface area (Å²) in [5, 5.41) is 5.04. The molecule has 7 heteroatoms. The molecule has 0 atom stereocenters. The van der Waals surface area contributed by atoms with Crippen molar-refractivity contribution in [3.8, 4) is 11.5 Å². The molecule has 0 bridgehead atoms. The van der Waals surface area contributed by atoms with E-state index in [4.69, 9.17) is 9.47 Å². The summed E-state index contributed by atoms with van der Waals surface area (Å²) in [7, 11) is 3.18. The number of amides is 3. The van der Waals surface area contributed by atoms with Crippen molar-refractivity contribution in [3.63, 3.8) is 0 Å². The van der Waals surface area contributed by atoms with E-state index >= 15 is 0 Å². The molecule has 1 aliphatic heterocycles. The van der Waals surface area contributed by atoms with Gasteiger partial charge in [-0.1, -0.05) is 19.9 Å². The van der Waals surface area contributed by atoms with Crippen molar-refractivity contribution in [1.82, 2.24) is 10.6 Å². The number of urea groups is 1. The first kappa shape index (κ1) is 18.8. The SMILES string of the molecule is CCC1(CC)C(=O)NC(=O)NC1=NCCc1ccc(OC)c(OC)c1. The smallest absolute Gasteiger partial charge is 0.326 e. The normalized spacial score (nSPS) is 17.8. The van der Waals surface area contributed by atoms with Crippen molar-refractivity contribution in [1.29, 1.82) is 0 Å². The second kappa shape index (κ2) is 8.00. The molecule has 3 amide bonds. The van der Waals surface area contributed by atoms with Gasteiger partial charge in [0.05, 0.1) is 14.2 Å². The minimum Gasteiger partial charge on any atom is -0.493 e. The number of nitrogens with zero attached hydrogens (tertiary/aromatic N) is 1. The van der Waals surface area contributed by atoms with Gasteiger partial charge in [-0.3, -0.25) is 20.4 Å². The monoisotopic (exact) mass is 347 g/mol. The van der Waals surface area contributed by atoms with Gasteiger partial charge in [0.25, 0.3) is 0 Å². The van der Waals surface area contributed by atoms with Gasteiger partial charge in [-0.2, -0.15) is 0 Å². The van der Waals surface area contributed by atoms with E-state index in [0.717, 1.165) is 5.56 Å². The highest BCUT2D eigenvalue weighted by Crippen LogP contribution is 2.30. The maximum Gasteiger partial charge on any atom is 0.326 e. The Balaban J connectivity index is 2.16. The molecule has 0 spiro atoms. The number of aliphatic imine (C=N–C) groups is 1. The molecule has 0 aromatic heterocycles. The van der Waals surface area contributed by atoms with Crippen LogP contribution in [0.25, 0.3) is 0 Å². The summed E-state index contributed by atoms with van der Waals surface area (Å²) < 4.78 is 10.5. The van der Waals surface area contributed by atoms with Gasteiger partial charge in [-0.15, -0.1) is 0 Å². The number of hydrogen-bond acceptors (Lipinski definition) is 5. The van der Waals surface area contributed by atoms with Crippen LogP contribution in [-0.2, 0) is 11.2 Å². The molecule has 1 fully saturated rings. The van der Waals surface area contributed by atoms with Crippen LogP contribution in [0.4, 0.5) is 4.79 Å². The number of benzene rings is 1. The summed E-state index contributed by atoms with van der Waals surface area (Å²) in [6.07, 6.45) is 1.81. The van der Waals surface area contributed by atoms with E-state index in [1.54, 1.807) is 14.2 Å². The average Bonchev–Trinajstić information content (AvgIpc) is 2.62. The van der Waals surface area contributed by atoms with Crippen molar-refractivity contribution in [2.75, 3.05) is 20.8 Å². The Hall–Kier alpha value is -2.57. The highest BCUT2D eigenvalue weighted by atomic mass is 16.5. The molecule has 1 aromatic rings. The molecular weight excluding hydrogens is 322 g/mol.